The summed E-state index contributed by atoms with van der Waals surface area (Å²) in [7, 11) is -2.85. The molecule has 0 saturated heterocycles. The summed E-state index contributed by atoms with van der Waals surface area (Å²) in [6, 6.07) is 120. The maximum absolute atomic E-state index is 2.85. The molecule has 12 rings (SSSR count). The molecule has 0 bridgehead atoms. The topological polar surface area (TPSA) is 13.0 Å². The Morgan fingerprint density at radius 1 is 0.153 bits per heavy atom. The molecule has 12 aromatic carbocycles. The van der Waals surface area contributed by atoms with Crippen molar-refractivity contribution in [3.8, 4) is 0 Å². The fraction of sp³-hybridized carbons (Fsp3) is 0. The Bertz CT molecular complexity index is 3400. The van der Waals surface area contributed by atoms with Crippen molar-refractivity contribution in [1.82, 2.24) is 0 Å². The molecule has 0 amide bonds. The van der Waals surface area contributed by atoms with Crippen LogP contribution in [-0.2, 0) is 0 Å². The van der Waals surface area contributed by atoms with E-state index in [4.69, 9.17) is 0 Å². The van der Waals surface area contributed by atoms with Gasteiger partial charge in [0.1, 0.15) is 0 Å². The van der Waals surface area contributed by atoms with Gasteiger partial charge < -0.3 is 19.6 Å². The van der Waals surface area contributed by atoms with E-state index in [0.29, 0.717) is 0 Å². The van der Waals surface area contributed by atoms with Crippen molar-refractivity contribution >= 4 is 101 Å². The quantitative estimate of drug-likeness (QED) is 0.0705. The number of rotatable bonds is 20. The van der Waals surface area contributed by atoms with Gasteiger partial charge in [-0.25, -0.2) is 0 Å². The van der Waals surface area contributed by atoms with Crippen LogP contribution >= 0.6 is 0 Å². The molecule has 0 aliphatic heterocycles. The van der Waals surface area contributed by atoms with Gasteiger partial charge >= 0.3 is 0 Å². The molecule has 0 spiro atoms. The van der Waals surface area contributed by atoms with Crippen molar-refractivity contribution in [2.75, 3.05) is 19.6 Å². The van der Waals surface area contributed by atoms with E-state index in [1.54, 1.807) is 0 Å². The number of anilines is 12. The Kier molecular flexibility index (Phi) is 17.2. The third-order valence-corrected chi connectivity index (χ3v) is 18.0. The fourth-order valence-electron chi connectivity index (χ4n) is 10.6. The molecule has 0 N–H and O–H groups in total. The number of benzene rings is 12. The highest BCUT2D eigenvalue weighted by Crippen LogP contribution is 2.39. The minimum absolute atomic E-state index is 1.09. The third kappa shape index (κ3) is 13.5. The van der Waals surface area contributed by atoms with Crippen molar-refractivity contribution in [3.05, 3.63) is 385 Å². The van der Waals surface area contributed by atoms with Crippen LogP contribution < -0.4 is 19.6 Å². The van der Waals surface area contributed by atoms with Gasteiger partial charge in [0.15, 0.2) is 8.07 Å². The van der Waals surface area contributed by atoms with Gasteiger partial charge in [-0.1, -0.05) is 241 Å². The first-order valence-corrected chi connectivity index (χ1v) is 31.2. The van der Waals surface area contributed by atoms with E-state index in [9.17, 15) is 0 Å². The van der Waals surface area contributed by atoms with Crippen LogP contribution in [0.4, 0.5) is 68.2 Å². The summed E-state index contributed by atoms with van der Waals surface area (Å²) in [5, 5.41) is 0. The average molecular weight is 1110 g/mol. The van der Waals surface area contributed by atoms with Crippen LogP contribution in [0, 0.1) is 0 Å². The summed E-state index contributed by atoms with van der Waals surface area (Å²) < 4.78 is 0. The lowest BCUT2D eigenvalue weighted by atomic mass is 10.1. The van der Waals surface area contributed by atoms with Crippen LogP contribution in [0.15, 0.2) is 363 Å². The molecule has 0 atom stereocenters. The molecule has 0 aliphatic rings. The highest BCUT2D eigenvalue weighted by molar-refractivity contribution is 6.99. The maximum Gasteiger partial charge on any atom is 0.150 e. The Hall–Kier alpha value is -11.0. The van der Waals surface area contributed by atoms with E-state index >= 15 is 0 Å². The van der Waals surface area contributed by atoms with Crippen molar-refractivity contribution < 1.29 is 0 Å². The monoisotopic (exact) mass is 1110 g/mol. The van der Waals surface area contributed by atoms with Gasteiger partial charge in [0.05, 0.1) is 0 Å². The third-order valence-electron chi connectivity index (χ3n) is 15.0. The minimum atomic E-state index is -2.85. The normalized spacial score (nSPS) is 11.6. The second-order valence-corrected chi connectivity index (χ2v) is 24.1. The van der Waals surface area contributed by atoms with Gasteiger partial charge in [0.25, 0.3) is 0 Å². The summed E-state index contributed by atoms with van der Waals surface area (Å²) in [5.74, 6) is 0. The number of nitrogens with zero attached hydrogens (tertiary/aromatic N) is 4. The molecule has 0 aliphatic carbocycles. The predicted octanol–water partition coefficient (Wildman–Crippen LogP) is 22.3. The van der Waals surface area contributed by atoms with Crippen LogP contribution in [-0.4, -0.2) is 8.07 Å². The smallest absolute Gasteiger partial charge is 0.150 e. The first-order valence-electron chi connectivity index (χ1n) is 28.9. The molecule has 0 saturated carbocycles. The highest BCUT2D eigenvalue weighted by atomic mass is 28.3. The molecule has 0 unspecified atom stereocenters. The zero-order chi connectivity index (χ0) is 57.3. The zero-order valence-electron chi connectivity index (χ0n) is 47.2. The van der Waals surface area contributed by atoms with Crippen LogP contribution in [0.25, 0.3) is 24.3 Å². The molecule has 12 aromatic rings. The maximum atomic E-state index is 2.46. The standard InChI is InChI=1S/C80H64N4Si/c1-9-25-69(26-10-1)81(70-27-11-2-12-28-70)77-49-41-65(42-50-77)57-61-85(62-58-66-43-51-78(52-44-66)82(71-29-13-3-14-30-71)72-31-15-4-16-32-72,63-59-67-45-53-79(54-46-67)83(73-33-17-5-18-34-73)74-35-19-6-20-36-74)64-60-68-47-55-80(56-48-68)84(75-37-21-7-22-38-75)76-39-23-8-24-40-76/h1-64H/b61-57+,62-58+,63-59+,64-60+. The van der Waals surface area contributed by atoms with Gasteiger partial charge in [-0.05, 0) is 168 Å². The number of hydrogen-bond donors (Lipinski definition) is 0. The lowest BCUT2D eigenvalue weighted by Crippen LogP contribution is -2.25. The summed E-state index contributed by atoms with van der Waals surface area (Å²) in [6.45, 7) is 0. The van der Waals surface area contributed by atoms with Crippen LogP contribution in [0.3, 0.4) is 0 Å². The van der Waals surface area contributed by atoms with E-state index in [-0.39, 0.29) is 0 Å². The minimum Gasteiger partial charge on any atom is -0.311 e. The Morgan fingerprint density at radius 3 is 0.424 bits per heavy atom. The van der Waals surface area contributed by atoms with Crippen LogP contribution in [0.2, 0.25) is 0 Å². The molecular formula is C80H64N4Si. The Labute approximate surface area is 502 Å². The summed E-state index contributed by atoms with van der Waals surface area (Å²) >= 11 is 0. The largest absolute Gasteiger partial charge is 0.311 e. The van der Waals surface area contributed by atoms with Crippen molar-refractivity contribution in [3.63, 3.8) is 0 Å². The van der Waals surface area contributed by atoms with E-state index in [1.165, 1.54) is 0 Å². The lowest BCUT2D eigenvalue weighted by molar-refractivity contribution is 1.28. The van der Waals surface area contributed by atoms with Gasteiger partial charge in [-0.15, -0.1) is 0 Å². The summed E-state index contributed by atoms with van der Waals surface area (Å²) in [6.07, 6.45) is 9.25. The number of hydrogen-bond acceptors (Lipinski definition) is 4. The first kappa shape index (κ1) is 54.6. The Balaban J connectivity index is 0.953. The fourth-order valence-corrected chi connectivity index (χ4v) is 13.2. The van der Waals surface area contributed by atoms with Gasteiger partial charge in [-0.3, -0.25) is 0 Å². The molecular weight excluding hydrogens is 1040 g/mol. The molecule has 0 fully saturated rings. The van der Waals surface area contributed by atoms with Gasteiger partial charge in [0, 0.05) is 68.2 Å². The van der Waals surface area contributed by atoms with E-state index in [1.807, 2.05) is 0 Å². The zero-order valence-corrected chi connectivity index (χ0v) is 48.2. The van der Waals surface area contributed by atoms with Gasteiger partial charge in [-0.2, -0.15) is 0 Å². The van der Waals surface area contributed by atoms with Crippen LogP contribution in [0.5, 0.6) is 0 Å². The molecule has 0 heterocycles. The van der Waals surface area contributed by atoms with E-state index in [0.717, 1.165) is 90.5 Å². The second-order valence-electron chi connectivity index (χ2n) is 20.7. The highest BCUT2D eigenvalue weighted by Gasteiger charge is 2.22. The van der Waals surface area contributed by atoms with Crippen molar-refractivity contribution in [2.24, 2.45) is 0 Å². The molecule has 85 heavy (non-hydrogen) atoms. The number of para-hydroxylation sites is 8. The SMILES string of the molecule is C(=C\[Si](/C=C/c1ccc(N(c2ccccc2)c2ccccc2)cc1)(/C=C/c1ccc(N(c2ccccc2)c2ccccc2)cc1)/C=C/c1ccc(N(c2ccccc2)c2ccccc2)cc1)/c1ccc(N(c2ccccc2)c2ccccc2)cc1. The molecule has 5 heteroatoms. The second kappa shape index (κ2) is 26.7. The first-order chi connectivity index (χ1) is 42.1. The van der Waals surface area contributed by atoms with Gasteiger partial charge in [0.2, 0.25) is 0 Å². The van der Waals surface area contributed by atoms with E-state index < -0.39 is 8.07 Å². The molecule has 4 nitrogen and oxygen atoms in total. The Morgan fingerprint density at radius 2 is 0.282 bits per heavy atom. The van der Waals surface area contributed by atoms with E-state index in [2.05, 4.69) is 406 Å². The van der Waals surface area contributed by atoms with Crippen molar-refractivity contribution in [2.45, 2.75) is 0 Å². The molecule has 408 valence electrons. The van der Waals surface area contributed by atoms with Crippen molar-refractivity contribution in [1.29, 1.82) is 0 Å². The summed E-state index contributed by atoms with van der Waals surface area (Å²) in [4.78, 5) is 9.22. The van der Waals surface area contributed by atoms with Crippen LogP contribution in [0.1, 0.15) is 22.3 Å². The summed E-state index contributed by atoms with van der Waals surface area (Å²) in [5.41, 5.74) is 27.4. The molecule has 0 aromatic heterocycles. The lowest BCUT2D eigenvalue weighted by Gasteiger charge is -2.25. The predicted molar refractivity (Wildman–Crippen MR) is 366 cm³/mol. The molecule has 0 radical (unpaired) electrons. The average Bonchev–Trinajstić information content (AvgIpc) is 3.74.